The third-order valence-electron chi connectivity index (χ3n) is 16.1. The first-order valence-corrected chi connectivity index (χ1v) is 33.2. The third kappa shape index (κ3) is 18.0. The second-order valence-corrected chi connectivity index (χ2v) is 26.2. The zero-order valence-electron chi connectivity index (χ0n) is 51.9. The van der Waals surface area contributed by atoms with Crippen LogP contribution < -0.4 is 46.8 Å². The lowest BCUT2D eigenvalue weighted by Gasteiger charge is -2.30. The smallest absolute Gasteiger partial charge is 0.359 e. The molecule has 4 aromatic carbocycles. The summed E-state index contributed by atoms with van der Waals surface area (Å²) in [7, 11) is -6.73. The normalized spacial score (nSPS) is 17.0. The van der Waals surface area contributed by atoms with E-state index < -0.39 is 51.2 Å². The summed E-state index contributed by atoms with van der Waals surface area (Å²) in [5.74, 6) is -1.24. The van der Waals surface area contributed by atoms with Gasteiger partial charge >= 0.3 is 19.5 Å². The van der Waals surface area contributed by atoms with Crippen molar-refractivity contribution in [1.29, 1.82) is 0 Å². The van der Waals surface area contributed by atoms with Gasteiger partial charge in [-0.25, -0.2) is 14.6 Å². The Bertz CT molecular complexity index is 3580. The van der Waals surface area contributed by atoms with E-state index in [9.17, 15) is 42.9 Å². The number of nitrogens with zero attached hydrogens (tertiary/aromatic N) is 3. The number of nitrogens with one attached hydrogen (secondary N) is 4. The summed E-state index contributed by atoms with van der Waals surface area (Å²) in [4.78, 5) is 95.3. The summed E-state index contributed by atoms with van der Waals surface area (Å²) in [6.45, 7) is 11.3. The number of likely N-dealkylation sites (N-methyl/N-ethyl adjacent to an activating group) is 1. The molecule has 0 saturated heterocycles. The Morgan fingerprint density at radius 3 is 1.99 bits per heavy atom. The molecule has 0 aliphatic carbocycles. The van der Waals surface area contributed by atoms with Gasteiger partial charge in [0.15, 0.2) is 26.5 Å². The number of nitrogen functional groups attached to an aromatic ring is 1. The lowest BCUT2D eigenvalue weighted by Crippen LogP contribution is -2.34. The number of hydrogen-bond donors (Lipinski definition) is 6. The standard InChI is InChI=1S/C65H84N8O14P2/c1-8-72-53-31-29-48(88(79,80)86-42-61(77)83-6)38-50(53)64(3,4)56(72)20-14-12-15-21-57-65(5,51-39-49(30-32-54(51)73(57)9-2)89(81,82)87-43-62(78)84-7)33-19-13-18-23-59(75)68-35-34-67-58(74)22-16-10-11-17-24-60(76)69-40-45-25-27-46(28-26-45)41-85-55-37-47(66)36-52-63(55)71-44-70-52/h12,14-15,20-21,25-32,36-39,44H,8-11,13,16-19,22-24,33-35,40-43,66H2,1-7H3,(H5-,67,68,69,70,71,74,75,76,79,80,81,82). The molecule has 3 heterocycles. The van der Waals surface area contributed by atoms with Gasteiger partial charge in [-0.05, 0) is 119 Å². The van der Waals surface area contributed by atoms with Crippen LogP contribution in [-0.4, -0.2) is 108 Å². The fourth-order valence-corrected chi connectivity index (χ4v) is 13.1. The number of esters is 2. The van der Waals surface area contributed by atoms with E-state index in [1.165, 1.54) is 19.2 Å². The maximum Gasteiger partial charge on any atom is 0.359 e. The Hall–Kier alpha value is -7.71. The quantitative estimate of drug-likeness (QED) is 0.00565. The topological polar surface area (TPSA) is 306 Å². The fourth-order valence-electron chi connectivity index (χ4n) is 11.2. The average molecular weight is 1260 g/mol. The third-order valence-corrected chi connectivity index (χ3v) is 18.9. The van der Waals surface area contributed by atoms with Gasteiger partial charge in [0, 0.05) is 97.0 Å². The van der Waals surface area contributed by atoms with E-state index in [0.29, 0.717) is 102 Å². The van der Waals surface area contributed by atoms with Crippen molar-refractivity contribution in [2.45, 2.75) is 129 Å². The fraction of sp³-hybridized carbons (Fsp3) is 0.431. The largest absolute Gasteiger partial charge is 0.775 e. The van der Waals surface area contributed by atoms with Gasteiger partial charge in [-0.2, -0.15) is 4.58 Å². The number of aromatic amines is 1. The van der Waals surface area contributed by atoms with Crippen molar-refractivity contribution in [3.8, 4) is 5.75 Å². The molecule has 7 N–H and O–H groups in total. The van der Waals surface area contributed by atoms with Crippen LogP contribution in [0.25, 0.3) is 11.0 Å². The minimum absolute atomic E-state index is 0.0283. The van der Waals surface area contributed by atoms with Crippen molar-refractivity contribution in [2.24, 2.45) is 0 Å². The zero-order valence-corrected chi connectivity index (χ0v) is 53.7. The molecule has 22 nitrogen and oxygen atoms in total. The van der Waals surface area contributed by atoms with Gasteiger partial charge in [-0.1, -0.05) is 68.2 Å². The SMILES string of the molecule is CCN1/C(=C/C=C/C=C/C2=[N+](CC)c3ccc(P(=O)(O)OCC(=O)OC)cc3C2(C)C)C(C)(CCCCCC(=O)NCCNC(=O)CCCCCCC(=O)NCc2ccc(COc3cc(N)cc4[nH]cnc34)cc2)c2cc(P(=O)([O-])OCC(=O)OC)ccc21. The van der Waals surface area contributed by atoms with E-state index in [1.807, 2.05) is 88.4 Å². The van der Waals surface area contributed by atoms with E-state index in [-0.39, 0.29) is 34.8 Å². The van der Waals surface area contributed by atoms with E-state index in [0.717, 1.165) is 76.0 Å². The molecule has 0 bridgehead atoms. The molecule has 3 atom stereocenters. The lowest BCUT2D eigenvalue weighted by molar-refractivity contribution is -0.433. The molecular weight excluding hydrogens is 1180 g/mol. The van der Waals surface area contributed by atoms with Crippen LogP contribution in [0.1, 0.15) is 128 Å². The summed E-state index contributed by atoms with van der Waals surface area (Å²) in [6.07, 6.45) is 18.1. The van der Waals surface area contributed by atoms with Crippen molar-refractivity contribution in [2.75, 3.05) is 64.2 Å². The van der Waals surface area contributed by atoms with Gasteiger partial charge in [0.25, 0.3) is 0 Å². The predicted molar refractivity (Wildman–Crippen MR) is 341 cm³/mol. The highest BCUT2D eigenvalue weighted by atomic mass is 31.2. The molecule has 0 spiro atoms. The zero-order chi connectivity index (χ0) is 64.4. The van der Waals surface area contributed by atoms with E-state index in [2.05, 4.69) is 51.8 Å². The molecule has 2 aliphatic heterocycles. The van der Waals surface area contributed by atoms with Crippen LogP contribution in [0.15, 0.2) is 115 Å². The van der Waals surface area contributed by atoms with Crippen LogP contribution in [-0.2, 0) is 75.6 Å². The number of amides is 3. The second-order valence-electron chi connectivity index (χ2n) is 22.6. The number of ether oxygens (including phenoxy) is 3. The minimum Gasteiger partial charge on any atom is -0.775 e. The summed E-state index contributed by atoms with van der Waals surface area (Å²) in [5.41, 5.74) is 14.0. The van der Waals surface area contributed by atoms with E-state index in [4.69, 9.17) is 19.5 Å². The maximum atomic E-state index is 13.4. The van der Waals surface area contributed by atoms with Crippen molar-refractivity contribution in [3.05, 3.63) is 137 Å². The van der Waals surface area contributed by atoms with Crippen molar-refractivity contribution in [3.63, 3.8) is 0 Å². The van der Waals surface area contributed by atoms with Crippen molar-refractivity contribution >= 4 is 89.3 Å². The molecular formula is C65H84N8O14P2. The summed E-state index contributed by atoms with van der Waals surface area (Å²) >= 11 is 0. The van der Waals surface area contributed by atoms with Gasteiger partial charge in [-0.3, -0.25) is 23.5 Å². The van der Waals surface area contributed by atoms with Crippen LogP contribution in [0.5, 0.6) is 5.75 Å². The Balaban J connectivity index is 0.845. The number of nitrogens with two attached hydrogens (primary N) is 1. The molecule has 1 aromatic heterocycles. The number of benzene rings is 4. The van der Waals surface area contributed by atoms with Crippen LogP contribution in [0, 0.1) is 0 Å². The van der Waals surface area contributed by atoms with Crippen LogP contribution in [0.3, 0.4) is 0 Å². The first-order valence-electron chi connectivity index (χ1n) is 30.1. The molecule has 89 heavy (non-hydrogen) atoms. The number of carbonyl (C=O) groups is 5. The number of rotatable bonds is 34. The highest BCUT2D eigenvalue weighted by Crippen LogP contribution is 2.52. The first kappa shape index (κ1) is 68.8. The summed E-state index contributed by atoms with van der Waals surface area (Å²) in [5, 5.41) is 8.74. The highest BCUT2D eigenvalue weighted by Gasteiger charge is 2.46. The molecule has 5 aromatic rings. The Morgan fingerprint density at radius 2 is 1.35 bits per heavy atom. The predicted octanol–water partition coefficient (Wildman–Crippen LogP) is 8.12. The van der Waals surface area contributed by atoms with Gasteiger partial charge in [0.05, 0.1) is 36.8 Å². The molecule has 3 unspecified atom stereocenters. The number of anilines is 2. The molecule has 2 aliphatic rings. The Kier molecular flexibility index (Phi) is 24.5. The maximum absolute atomic E-state index is 13.4. The lowest BCUT2D eigenvalue weighted by atomic mass is 9.77. The second kappa shape index (κ2) is 31.6. The van der Waals surface area contributed by atoms with Gasteiger partial charge in [0.2, 0.25) is 23.4 Å². The number of H-pyrrole nitrogens is 1. The van der Waals surface area contributed by atoms with Gasteiger partial charge < -0.3 is 64.7 Å². The Labute approximate surface area is 520 Å². The Morgan fingerprint density at radius 1 is 0.742 bits per heavy atom. The number of carbonyl (C=O) groups excluding carboxylic acids is 5. The number of methoxy groups -OCH3 is 2. The number of imidazole rings is 1. The summed E-state index contributed by atoms with van der Waals surface area (Å²) in [6, 6.07) is 21.2. The van der Waals surface area contributed by atoms with Gasteiger partial charge in [-0.15, -0.1) is 0 Å². The number of aromatic nitrogens is 2. The van der Waals surface area contributed by atoms with Gasteiger partial charge in [0.1, 0.15) is 24.4 Å². The molecule has 478 valence electrons. The molecule has 0 fully saturated rings. The molecule has 24 heteroatoms. The number of hydrogen-bond acceptors (Lipinski definition) is 16. The van der Waals surface area contributed by atoms with Crippen molar-refractivity contribution in [1.82, 2.24) is 25.9 Å². The monoisotopic (exact) mass is 1260 g/mol. The van der Waals surface area contributed by atoms with Crippen molar-refractivity contribution < 1.29 is 70.7 Å². The highest BCUT2D eigenvalue weighted by molar-refractivity contribution is 7.61. The van der Waals surface area contributed by atoms with Crippen LogP contribution in [0.4, 0.5) is 17.1 Å². The van der Waals surface area contributed by atoms with E-state index in [1.54, 1.807) is 36.7 Å². The number of unbranched alkanes of at least 4 members (excludes halogenated alkanes) is 5. The van der Waals surface area contributed by atoms with Crippen LogP contribution in [0.2, 0.25) is 0 Å². The molecule has 0 saturated carbocycles. The average Bonchev–Trinajstić information content (AvgIpc) is 1.61. The van der Waals surface area contributed by atoms with E-state index >= 15 is 0 Å². The molecule has 3 amide bonds. The molecule has 0 radical (unpaired) electrons. The molecule has 7 rings (SSSR count). The number of fused-ring (bicyclic) bond motifs is 3. The number of allylic oxidation sites excluding steroid dienone is 6. The summed E-state index contributed by atoms with van der Waals surface area (Å²) < 4.78 is 54.2. The minimum atomic E-state index is -4.70. The first-order chi connectivity index (χ1) is 42.5. The van der Waals surface area contributed by atoms with Crippen LogP contribution >= 0.6 is 15.2 Å².